The molecular weight excluding hydrogens is 198 g/mol. The van der Waals surface area contributed by atoms with Crippen molar-refractivity contribution in [2.24, 2.45) is 0 Å². The van der Waals surface area contributed by atoms with Crippen LogP contribution >= 0.6 is 0 Å². The fraction of sp³-hybridized carbons (Fsp3) is 0.300. The van der Waals surface area contributed by atoms with Gasteiger partial charge in [0.05, 0.1) is 13.1 Å². The molecule has 0 radical (unpaired) electrons. The third kappa shape index (κ3) is 2.68. The van der Waals surface area contributed by atoms with Crippen molar-refractivity contribution in [2.45, 2.75) is 12.1 Å². The Bertz CT molecular complexity index is 336. The van der Waals surface area contributed by atoms with Crippen LogP contribution in [0, 0.1) is 0 Å². The summed E-state index contributed by atoms with van der Waals surface area (Å²) in [5.41, 5.74) is 4.19. The molecule has 0 saturated carbocycles. The molecule has 1 aromatic rings. The third-order valence-electron chi connectivity index (χ3n) is 2.17. The van der Waals surface area contributed by atoms with Gasteiger partial charge in [0.25, 0.3) is 0 Å². The summed E-state index contributed by atoms with van der Waals surface area (Å²) in [6.07, 6.45) is -1.60. The van der Waals surface area contributed by atoms with Crippen LogP contribution in [0.4, 0.5) is 0 Å². The van der Waals surface area contributed by atoms with E-state index in [0.717, 1.165) is 0 Å². The number of carbonyl (C=O) groups excluding carboxylic acids is 1. The summed E-state index contributed by atoms with van der Waals surface area (Å²) in [6, 6.07) is 5.91. The van der Waals surface area contributed by atoms with E-state index in [1.54, 1.807) is 24.3 Å². The lowest BCUT2D eigenvalue weighted by Gasteiger charge is -2.16. The van der Waals surface area contributed by atoms with Gasteiger partial charge >= 0.3 is 0 Å². The Morgan fingerprint density at radius 1 is 1.47 bits per heavy atom. The van der Waals surface area contributed by atoms with Crippen LogP contribution in [-0.4, -0.2) is 24.3 Å². The predicted molar refractivity (Wildman–Crippen MR) is 49.6 cm³/mol. The first-order valence-electron chi connectivity index (χ1n) is 4.42. The van der Waals surface area contributed by atoms with Gasteiger partial charge < -0.3 is 25.5 Å². The van der Waals surface area contributed by atoms with Gasteiger partial charge in [-0.25, -0.2) is 0 Å². The highest BCUT2D eigenvalue weighted by Gasteiger charge is 2.21. The number of carbonyl (C=O) groups is 1. The Balaban J connectivity index is 2.82. The Kier molecular flexibility index (Phi) is 3.65. The topological polar surface area (TPSA) is 97.2 Å². The zero-order chi connectivity index (χ0) is 11.4. The number of hydrogen-bond acceptors (Lipinski definition) is 4. The first kappa shape index (κ1) is 11.5. The number of aliphatic hydroxyl groups is 1. The molecule has 2 atom stereocenters. The van der Waals surface area contributed by atoms with Crippen molar-refractivity contribution in [3.05, 3.63) is 29.8 Å². The number of benzene rings is 1. The number of methoxy groups -OCH3 is 1. The maximum atomic E-state index is 10.4. The summed E-state index contributed by atoms with van der Waals surface area (Å²) < 4.78 is 4.95. The number of aliphatic carboxylic acids is 1. The van der Waals surface area contributed by atoms with Gasteiger partial charge in [0.2, 0.25) is 0 Å². The van der Waals surface area contributed by atoms with E-state index in [9.17, 15) is 15.0 Å². The lowest BCUT2D eigenvalue weighted by atomic mass is 10.0. The number of ether oxygens (including phenoxy) is 1. The van der Waals surface area contributed by atoms with Crippen molar-refractivity contribution >= 4 is 5.97 Å². The normalized spacial score (nSPS) is 14.3. The Morgan fingerprint density at radius 2 is 2.00 bits per heavy atom. The first-order chi connectivity index (χ1) is 7.06. The average Bonchev–Trinajstić information content (AvgIpc) is 2.27. The standard InChI is InChI=1S/C10H13NO4/c1-15-7-4-2-6(3-5-7)8(11)9(12)10(13)14/h2-5,8-9,12H,11H2,1H3,(H,13,14)/t8-,9-/m1/s1. The van der Waals surface area contributed by atoms with Gasteiger partial charge in [-0.1, -0.05) is 0 Å². The second-order valence-electron chi connectivity index (χ2n) is 3.14. The monoisotopic (exact) mass is 211 g/mol. The maximum absolute atomic E-state index is 10.4. The van der Waals surface area contributed by atoms with Crippen molar-refractivity contribution < 1.29 is 25.5 Å². The van der Waals surface area contributed by atoms with Crippen molar-refractivity contribution in [1.82, 2.24) is 0 Å². The minimum atomic E-state index is -1.60. The second-order valence-corrected chi connectivity index (χ2v) is 3.14. The number of aliphatic hydroxyl groups excluding tert-OH is 1. The summed E-state index contributed by atoms with van der Waals surface area (Å²) in [5, 5.41) is 19.6. The van der Waals surface area contributed by atoms with E-state index in [1.165, 1.54) is 7.11 Å². The Morgan fingerprint density at radius 3 is 2.40 bits per heavy atom. The number of quaternary nitrogens is 1. The van der Waals surface area contributed by atoms with Crippen LogP contribution in [0.1, 0.15) is 11.6 Å². The minimum Gasteiger partial charge on any atom is -0.547 e. The van der Waals surface area contributed by atoms with Crippen LogP contribution in [-0.2, 0) is 4.79 Å². The molecule has 82 valence electrons. The smallest absolute Gasteiger partial charge is 0.149 e. The van der Waals surface area contributed by atoms with Gasteiger partial charge in [-0.15, -0.1) is 0 Å². The van der Waals surface area contributed by atoms with Crippen LogP contribution < -0.4 is 15.6 Å². The summed E-state index contributed by atoms with van der Waals surface area (Å²) in [5.74, 6) is -0.861. The van der Waals surface area contributed by atoms with E-state index < -0.39 is 18.1 Å². The molecule has 0 heterocycles. The quantitative estimate of drug-likeness (QED) is 0.607. The molecule has 4 N–H and O–H groups in total. The number of carboxylic acids is 1. The van der Waals surface area contributed by atoms with E-state index in [0.29, 0.717) is 11.3 Å². The molecule has 0 aromatic heterocycles. The van der Waals surface area contributed by atoms with Crippen molar-refractivity contribution in [2.75, 3.05) is 7.11 Å². The van der Waals surface area contributed by atoms with Gasteiger partial charge in [0, 0.05) is 5.56 Å². The molecule has 5 nitrogen and oxygen atoms in total. The van der Waals surface area contributed by atoms with Gasteiger partial charge in [-0.3, -0.25) is 0 Å². The molecule has 15 heavy (non-hydrogen) atoms. The molecule has 0 bridgehead atoms. The molecular formula is C10H13NO4. The molecule has 5 heteroatoms. The van der Waals surface area contributed by atoms with E-state index in [1.807, 2.05) is 0 Å². The van der Waals surface area contributed by atoms with Crippen molar-refractivity contribution in [1.29, 1.82) is 0 Å². The number of carboxylic acid groups (broad SMARTS) is 1. The van der Waals surface area contributed by atoms with Crippen LogP contribution in [0.3, 0.4) is 0 Å². The fourth-order valence-electron chi connectivity index (χ4n) is 1.20. The fourth-order valence-corrected chi connectivity index (χ4v) is 1.20. The average molecular weight is 211 g/mol. The summed E-state index contributed by atoms with van der Waals surface area (Å²) in [6.45, 7) is 0. The second kappa shape index (κ2) is 4.77. The molecule has 0 unspecified atom stereocenters. The predicted octanol–water partition coefficient (Wildman–Crippen LogP) is -1.91. The SMILES string of the molecule is COc1ccc([C@@H]([NH3+])[C@@H](O)C(=O)[O-])cc1. The third-order valence-corrected chi connectivity index (χ3v) is 2.17. The molecule has 0 aliphatic heterocycles. The lowest BCUT2D eigenvalue weighted by molar-refractivity contribution is -0.448. The van der Waals surface area contributed by atoms with E-state index in [4.69, 9.17) is 4.74 Å². The minimum absolute atomic E-state index is 0.618. The van der Waals surface area contributed by atoms with Gasteiger partial charge in [0.15, 0.2) is 0 Å². The Hall–Kier alpha value is -1.59. The van der Waals surface area contributed by atoms with Gasteiger partial charge in [-0.2, -0.15) is 0 Å². The zero-order valence-corrected chi connectivity index (χ0v) is 8.34. The largest absolute Gasteiger partial charge is 0.547 e. The summed E-state index contributed by atoms with van der Waals surface area (Å²) in [4.78, 5) is 10.4. The molecule has 0 aliphatic carbocycles. The zero-order valence-electron chi connectivity index (χ0n) is 8.34. The van der Waals surface area contributed by atoms with E-state index in [-0.39, 0.29) is 0 Å². The number of rotatable bonds is 4. The van der Waals surface area contributed by atoms with Gasteiger partial charge in [-0.05, 0) is 24.3 Å². The van der Waals surface area contributed by atoms with Crippen LogP contribution in [0.2, 0.25) is 0 Å². The maximum Gasteiger partial charge on any atom is 0.149 e. The molecule has 0 aliphatic rings. The van der Waals surface area contributed by atoms with Crippen LogP contribution in [0.15, 0.2) is 24.3 Å². The first-order valence-corrected chi connectivity index (χ1v) is 4.42. The molecule has 0 amide bonds. The van der Waals surface area contributed by atoms with Crippen molar-refractivity contribution in [3.8, 4) is 5.75 Å². The molecule has 0 spiro atoms. The highest BCUT2D eigenvalue weighted by molar-refractivity contribution is 5.70. The van der Waals surface area contributed by atoms with E-state index in [2.05, 4.69) is 5.73 Å². The molecule has 0 fully saturated rings. The van der Waals surface area contributed by atoms with Crippen LogP contribution in [0.25, 0.3) is 0 Å². The molecule has 1 rings (SSSR count). The number of hydrogen-bond donors (Lipinski definition) is 2. The lowest BCUT2D eigenvalue weighted by Crippen LogP contribution is -2.62. The van der Waals surface area contributed by atoms with Crippen molar-refractivity contribution in [3.63, 3.8) is 0 Å². The highest BCUT2D eigenvalue weighted by atomic mass is 16.5. The molecule has 0 saturated heterocycles. The van der Waals surface area contributed by atoms with Crippen LogP contribution in [0.5, 0.6) is 5.75 Å². The molecule has 1 aromatic carbocycles. The van der Waals surface area contributed by atoms with Gasteiger partial charge in [0.1, 0.15) is 17.9 Å². The van der Waals surface area contributed by atoms with E-state index >= 15 is 0 Å². The summed E-state index contributed by atoms with van der Waals surface area (Å²) >= 11 is 0. The highest BCUT2D eigenvalue weighted by Crippen LogP contribution is 2.16. The Labute approximate surface area is 87.1 Å². The summed E-state index contributed by atoms with van der Waals surface area (Å²) in [7, 11) is 1.53.